The normalized spacial score (nSPS) is 15.4. The number of carbonyl (C=O) groups is 2. The van der Waals surface area contributed by atoms with Gasteiger partial charge in [-0.25, -0.2) is 22.7 Å². The molecule has 1 aliphatic rings. The van der Waals surface area contributed by atoms with Gasteiger partial charge in [-0.2, -0.15) is 0 Å². The van der Waals surface area contributed by atoms with Crippen molar-refractivity contribution in [2.75, 3.05) is 112 Å². The molecule has 4 amide bonds. The molecule has 0 saturated heterocycles. The number of hydrogen-bond acceptors (Lipinski definition) is 12. The van der Waals surface area contributed by atoms with E-state index in [-0.39, 0.29) is 62.4 Å². The molecule has 19 heteroatoms. The molecule has 0 saturated carbocycles. The summed E-state index contributed by atoms with van der Waals surface area (Å²) in [5, 5.41) is 11.7. The SMILES string of the molecule is Cc1cc(Cl)cc2c1CN(C)CC2c1cccc(S(=O)(=O)NCCOCCOCCNC(=O)NCCC(N)(CCN)CCNC(=O)NCCOCCOCCN)c1. The lowest BCUT2D eigenvalue weighted by atomic mass is 9.83. The van der Waals surface area contributed by atoms with Crippen LogP contribution in [0.3, 0.4) is 0 Å². The summed E-state index contributed by atoms with van der Waals surface area (Å²) in [6.07, 6.45) is 1.48. The second-order valence-corrected chi connectivity index (χ2v) is 16.2. The Labute approximate surface area is 342 Å². The summed E-state index contributed by atoms with van der Waals surface area (Å²) in [5.41, 5.74) is 21.4. The fraction of sp³-hybridized carbons (Fsp3) is 0.632. The molecule has 0 radical (unpaired) electrons. The number of carbonyl (C=O) groups excluding carboxylic acids is 2. The molecule has 17 nitrogen and oxygen atoms in total. The summed E-state index contributed by atoms with van der Waals surface area (Å²) in [6, 6.07) is 10.3. The largest absolute Gasteiger partial charge is 0.378 e. The van der Waals surface area contributed by atoms with Crippen LogP contribution in [-0.2, 0) is 35.5 Å². The van der Waals surface area contributed by atoms with Gasteiger partial charge in [-0.1, -0.05) is 23.7 Å². The Morgan fingerprint density at radius 2 is 1.35 bits per heavy atom. The maximum absolute atomic E-state index is 13.1. The molecule has 11 N–H and O–H groups in total. The van der Waals surface area contributed by atoms with Crippen LogP contribution in [0.15, 0.2) is 41.3 Å². The minimum atomic E-state index is -3.76. The van der Waals surface area contributed by atoms with Crippen molar-refractivity contribution in [1.29, 1.82) is 0 Å². The molecule has 2 aromatic rings. The molecule has 0 bridgehead atoms. The van der Waals surface area contributed by atoms with Gasteiger partial charge in [-0.05, 0) is 86.3 Å². The van der Waals surface area contributed by atoms with Crippen molar-refractivity contribution >= 4 is 33.7 Å². The highest BCUT2D eigenvalue weighted by molar-refractivity contribution is 7.89. The lowest BCUT2D eigenvalue weighted by molar-refractivity contribution is 0.0516. The van der Waals surface area contributed by atoms with Gasteiger partial charge in [-0.15, -0.1) is 0 Å². The third-order valence-electron chi connectivity index (χ3n) is 9.41. The standard InChI is InChI=1S/C38H64ClN9O8S/c1-29-24-31(39)26-33-34(29)27-48(2)28-35(33)30-4-3-5-32(25-30)57(51,52)47-15-19-56-23-22-55-18-14-46-37(50)44-12-8-38(42,6-9-40)7-11-43-36(49)45-13-17-54-21-20-53-16-10-41/h3-5,24-26,35,47H,6-23,27-28,40-42H2,1-2H3,(H2,43,45,49)(H2,44,46,50). The molecule has 1 aliphatic heterocycles. The Kier molecular flexibility index (Phi) is 22.1. The van der Waals surface area contributed by atoms with Gasteiger partial charge in [0.25, 0.3) is 0 Å². The van der Waals surface area contributed by atoms with Crippen molar-refractivity contribution in [3.63, 3.8) is 0 Å². The van der Waals surface area contributed by atoms with Crippen molar-refractivity contribution in [2.45, 2.75) is 49.1 Å². The third kappa shape index (κ3) is 18.1. The summed E-state index contributed by atoms with van der Waals surface area (Å²) in [4.78, 5) is 26.8. The summed E-state index contributed by atoms with van der Waals surface area (Å²) in [7, 11) is -1.70. The molecule has 2 atom stereocenters. The molecular weight excluding hydrogens is 778 g/mol. The Balaban J connectivity index is 1.23. The molecule has 0 fully saturated rings. The van der Waals surface area contributed by atoms with Crippen LogP contribution in [0.5, 0.6) is 0 Å². The zero-order valence-corrected chi connectivity index (χ0v) is 35.0. The number of aryl methyl sites for hydroxylation is 1. The highest BCUT2D eigenvalue weighted by atomic mass is 35.5. The van der Waals surface area contributed by atoms with E-state index in [1.165, 1.54) is 5.56 Å². The van der Waals surface area contributed by atoms with Gasteiger partial charge in [0, 0.05) is 68.8 Å². The van der Waals surface area contributed by atoms with Crippen LogP contribution in [0.2, 0.25) is 5.02 Å². The van der Waals surface area contributed by atoms with E-state index in [4.69, 9.17) is 47.7 Å². The van der Waals surface area contributed by atoms with Crippen LogP contribution < -0.4 is 43.2 Å². The number of rotatable bonds is 28. The highest BCUT2D eigenvalue weighted by Crippen LogP contribution is 2.37. The van der Waals surface area contributed by atoms with E-state index in [2.05, 4.69) is 44.9 Å². The Morgan fingerprint density at radius 3 is 1.93 bits per heavy atom. The van der Waals surface area contributed by atoms with Crippen LogP contribution in [0, 0.1) is 6.92 Å². The van der Waals surface area contributed by atoms with E-state index in [1.807, 2.05) is 18.2 Å². The third-order valence-corrected chi connectivity index (χ3v) is 11.1. The molecule has 3 rings (SSSR count). The zero-order valence-electron chi connectivity index (χ0n) is 33.4. The first kappa shape index (κ1) is 48.2. The Morgan fingerprint density at radius 1 is 0.789 bits per heavy atom. The maximum Gasteiger partial charge on any atom is 0.314 e. The summed E-state index contributed by atoms with van der Waals surface area (Å²) >= 11 is 6.41. The number of benzene rings is 2. The van der Waals surface area contributed by atoms with E-state index >= 15 is 0 Å². The molecule has 2 unspecified atom stereocenters. The lowest BCUT2D eigenvalue weighted by Gasteiger charge is -2.34. The molecule has 57 heavy (non-hydrogen) atoms. The number of nitrogens with zero attached hydrogens (tertiary/aromatic N) is 1. The number of likely N-dealkylation sites (N-methyl/N-ethyl adjacent to an activating group) is 1. The number of ether oxygens (including phenoxy) is 4. The highest BCUT2D eigenvalue weighted by Gasteiger charge is 2.28. The number of nitrogens with one attached hydrogen (secondary N) is 5. The van der Waals surface area contributed by atoms with E-state index in [9.17, 15) is 18.0 Å². The molecule has 0 aromatic heterocycles. The zero-order chi connectivity index (χ0) is 41.5. The van der Waals surface area contributed by atoms with Crippen molar-refractivity contribution in [3.8, 4) is 0 Å². The summed E-state index contributed by atoms with van der Waals surface area (Å²) in [6.45, 7) is 8.56. The second-order valence-electron chi connectivity index (χ2n) is 14.0. The average Bonchev–Trinajstić information content (AvgIpc) is 3.16. The average molecular weight is 843 g/mol. The van der Waals surface area contributed by atoms with Gasteiger partial charge >= 0.3 is 12.1 Å². The van der Waals surface area contributed by atoms with Gasteiger partial charge in [0.05, 0.1) is 57.8 Å². The van der Waals surface area contributed by atoms with Crippen molar-refractivity contribution in [1.82, 2.24) is 30.9 Å². The quantitative estimate of drug-likeness (QED) is 0.0559. The number of urea groups is 2. The minimum absolute atomic E-state index is 0.00458. The number of hydrogen-bond donors (Lipinski definition) is 8. The van der Waals surface area contributed by atoms with Gasteiger partial charge in [-0.3, -0.25) is 0 Å². The lowest BCUT2D eigenvalue weighted by Crippen LogP contribution is -2.49. The predicted molar refractivity (Wildman–Crippen MR) is 221 cm³/mol. The number of amides is 4. The fourth-order valence-electron chi connectivity index (χ4n) is 6.42. The van der Waals surface area contributed by atoms with Gasteiger partial charge in [0.1, 0.15) is 0 Å². The molecule has 1 heterocycles. The van der Waals surface area contributed by atoms with Crippen LogP contribution >= 0.6 is 11.6 Å². The number of halogens is 1. The van der Waals surface area contributed by atoms with Crippen molar-refractivity contribution < 1.29 is 37.0 Å². The van der Waals surface area contributed by atoms with Gasteiger partial charge < -0.3 is 62.3 Å². The van der Waals surface area contributed by atoms with Crippen molar-refractivity contribution in [2.24, 2.45) is 17.2 Å². The van der Waals surface area contributed by atoms with E-state index in [0.717, 1.165) is 29.8 Å². The first-order valence-corrected chi connectivity index (χ1v) is 21.3. The van der Waals surface area contributed by atoms with E-state index < -0.39 is 15.6 Å². The first-order chi connectivity index (χ1) is 27.4. The van der Waals surface area contributed by atoms with Gasteiger partial charge in [0.15, 0.2) is 0 Å². The molecule has 0 spiro atoms. The van der Waals surface area contributed by atoms with Crippen molar-refractivity contribution in [3.05, 3.63) is 63.7 Å². The first-order valence-electron chi connectivity index (χ1n) is 19.5. The predicted octanol–water partition coefficient (Wildman–Crippen LogP) is 0.954. The van der Waals surface area contributed by atoms with Gasteiger partial charge in [0.2, 0.25) is 10.0 Å². The van der Waals surface area contributed by atoms with Crippen LogP contribution in [-0.4, -0.2) is 143 Å². The molecule has 2 aromatic carbocycles. The Hall–Kier alpha value is -3.14. The number of sulfonamides is 1. The number of fused-ring (bicyclic) bond motifs is 1. The van der Waals surface area contributed by atoms with E-state index in [1.54, 1.807) is 18.2 Å². The topological polar surface area (TPSA) is 247 Å². The summed E-state index contributed by atoms with van der Waals surface area (Å²) < 4.78 is 50.5. The van der Waals surface area contributed by atoms with Crippen LogP contribution in [0.25, 0.3) is 0 Å². The molecule has 0 aliphatic carbocycles. The maximum atomic E-state index is 13.1. The molecular formula is C38H64ClN9O8S. The minimum Gasteiger partial charge on any atom is -0.378 e. The van der Waals surface area contributed by atoms with E-state index in [0.29, 0.717) is 83.4 Å². The van der Waals surface area contributed by atoms with Crippen LogP contribution in [0.4, 0.5) is 9.59 Å². The fourth-order valence-corrected chi connectivity index (χ4v) is 7.77. The smallest absolute Gasteiger partial charge is 0.314 e. The monoisotopic (exact) mass is 841 g/mol. The second kappa shape index (κ2) is 26.1. The summed E-state index contributed by atoms with van der Waals surface area (Å²) in [5.74, 6) is -0.00458. The molecule has 322 valence electrons. The van der Waals surface area contributed by atoms with Crippen LogP contribution in [0.1, 0.15) is 47.4 Å². The number of nitrogens with two attached hydrogens (primary N) is 3. The Bertz CT molecular complexity index is 1630.